The van der Waals surface area contributed by atoms with E-state index in [0.29, 0.717) is 24.6 Å². The zero-order valence-corrected chi connectivity index (χ0v) is 14.7. The van der Waals surface area contributed by atoms with Crippen LogP contribution in [-0.2, 0) is 19.1 Å². The van der Waals surface area contributed by atoms with Crippen molar-refractivity contribution in [3.05, 3.63) is 0 Å². The highest BCUT2D eigenvalue weighted by Gasteiger charge is 2.37. The van der Waals surface area contributed by atoms with Crippen LogP contribution < -0.4 is 5.32 Å². The third-order valence-corrected chi connectivity index (χ3v) is 5.90. The Morgan fingerprint density at radius 1 is 1.26 bits per heavy atom. The molecule has 2 fully saturated rings. The van der Waals surface area contributed by atoms with Gasteiger partial charge in [0.05, 0.1) is 19.4 Å². The van der Waals surface area contributed by atoms with Crippen LogP contribution in [-0.4, -0.2) is 54.0 Å². The van der Waals surface area contributed by atoms with Crippen molar-refractivity contribution in [1.82, 2.24) is 10.2 Å². The zero-order chi connectivity index (χ0) is 16.9. The van der Waals surface area contributed by atoms with Crippen molar-refractivity contribution in [2.45, 2.75) is 51.5 Å². The van der Waals surface area contributed by atoms with Gasteiger partial charge < -0.3 is 15.0 Å². The van der Waals surface area contributed by atoms with Crippen LogP contribution in [0.3, 0.4) is 0 Å². The molecule has 6 nitrogen and oxygen atoms in total. The molecule has 0 aromatic heterocycles. The molecule has 2 amide bonds. The van der Waals surface area contributed by atoms with Gasteiger partial charge in [0.25, 0.3) is 0 Å². The lowest BCUT2D eigenvalue weighted by Crippen LogP contribution is -2.49. The number of hydrogen-bond acceptors (Lipinski definition) is 5. The average molecular weight is 342 g/mol. The van der Waals surface area contributed by atoms with Crippen LogP contribution >= 0.6 is 11.8 Å². The van der Waals surface area contributed by atoms with Crippen LogP contribution in [0.5, 0.6) is 0 Å². The zero-order valence-electron chi connectivity index (χ0n) is 13.9. The number of methoxy groups -OCH3 is 1. The molecule has 0 radical (unpaired) electrons. The molecular formula is C16H26N2O4S. The molecule has 23 heavy (non-hydrogen) atoms. The summed E-state index contributed by atoms with van der Waals surface area (Å²) < 4.78 is 4.83. The quantitative estimate of drug-likeness (QED) is 0.767. The van der Waals surface area contributed by atoms with Crippen molar-refractivity contribution in [2.75, 3.05) is 25.3 Å². The van der Waals surface area contributed by atoms with E-state index in [9.17, 15) is 14.4 Å². The normalized spacial score (nSPS) is 23.4. The molecule has 1 saturated heterocycles. The summed E-state index contributed by atoms with van der Waals surface area (Å²) in [4.78, 5) is 37.4. The number of thioether (sulfide) groups is 1. The van der Waals surface area contributed by atoms with Crippen LogP contribution in [0.2, 0.25) is 0 Å². The minimum atomic E-state index is -0.392. The van der Waals surface area contributed by atoms with E-state index < -0.39 is 6.04 Å². The van der Waals surface area contributed by atoms with Gasteiger partial charge in [-0.15, -0.1) is 11.8 Å². The summed E-state index contributed by atoms with van der Waals surface area (Å²) in [5.41, 5.74) is -0.201. The highest BCUT2D eigenvalue weighted by molar-refractivity contribution is 7.99. The Hall–Kier alpha value is -1.24. The lowest BCUT2D eigenvalue weighted by molar-refractivity contribution is -0.144. The minimum absolute atomic E-state index is 0.0721. The third-order valence-electron chi connectivity index (χ3n) is 4.89. The van der Waals surface area contributed by atoms with Crippen LogP contribution in [0, 0.1) is 5.41 Å². The molecule has 1 aliphatic heterocycles. The largest absolute Gasteiger partial charge is 0.469 e. The number of carbonyl (C=O) groups excluding carboxylic acids is 3. The first kappa shape index (κ1) is 18.1. The van der Waals surface area contributed by atoms with Crippen molar-refractivity contribution in [1.29, 1.82) is 0 Å². The van der Waals surface area contributed by atoms with E-state index in [1.165, 1.54) is 20.5 Å². The Bertz CT molecular complexity index is 463. The Morgan fingerprint density at radius 3 is 2.57 bits per heavy atom. The monoisotopic (exact) mass is 342 g/mol. The molecule has 0 spiro atoms. The molecular weight excluding hydrogens is 316 g/mol. The average Bonchev–Trinajstić information content (AvgIpc) is 3.03. The second-order valence-electron chi connectivity index (χ2n) is 6.54. The van der Waals surface area contributed by atoms with Gasteiger partial charge in [-0.2, -0.15) is 0 Å². The molecule has 1 atom stereocenters. The van der Waals surface area contributed by atoms with Gasteiger partial charge in [0.1, 0.15) is 6.04 Å². The van der Waals surface area contributed by atoms with Gasteiger partial charge in [0, 0.05) is 19.2 Å². The minimum Gasteiger partial charge on any atom is -0.469 e. The number of hydrogen-bond donors (Lipinski definition) is 1. The summed E-state index contributed by atoms with van der Waals surface area (Å²) in [5, 5.41) is 3.00. The van der Waals surface area contributed by atoms with Gasteiger partial charge in [-0.25, -0.2) is 0 Å². The molecule has 0 aromatic carbocycles. The molecule has 0 bridgehead atoms. The fourth-order valence-electron chi connectivity index (χ4n) is 3.46. The van der Waals surface area contributed by atoms with Crippen molar-refractivity contribution < 1.29 is 19.1 Å². The smallest absolute Gasteiger partial charge is 0.306 e. The Kier molecular flexibility index (Phi) is 6.33. The molecule has 130 valence electrons. The lowest BCUT2D eigenvalue weighted by Gasteiger charge is -2.37. The van der Waals surface area contributed by atoms with Crippen molar-refractivity contribution in [3.8, 4) is 0 Å². The predicted molar refractivity (Wildman–Crippen MR) is 88.8 cm³/mol. The molecule has 1 saturated carbocycles. The second-order valence-corrected chi connectivity index (χ2v) is 7.54. The van der Waals surface area contributed by atoms with Gasteiger partial charge in [0.15, 0.2) is 0 Å². The maximum atomic E-state index is 12.5. The Balaban J connectivity index is 1.96. The van der Waals surface area contributed by atoms with E-state index in [-0.39, 0.29) is 23.2 Å². The van der Waals surface area contributed by atoms with Crippen LogP contribution in [0.4, 0.5) is 0 Å². The number of nitrogens with one attached hydrogen (secondary N) is 1. The summed E-state index contributed by atoms with van der Waals surface area (Å²) >= 11 is 1.59. The van der Waals surface area contributed by atoms with Crippen molar-refractivity contribution in [3.63, 3.8) is 0 Å². The van der Waals surface area contributed by atoms with Gasteiger partial charge in [-0.3, -0.25) is 14.4 Å². The molecule has 7 heteroatoms. The van der Waals surface area contributed by atoms with Gasteiger partial charge in [0.2, 0.25) is 11.8 Å². The number of ether oxygens (including phenoxy) is 1. The Labute approximate surface area is 141 Å². The lowest BCUT2D eigenvalue weighted by atomic mass is 9.71. The highest BCUT2D eigenvalue weighted by Crippen LogP contribution is 2.39. The summed E-state index contributed by atoms with van der Waals surface area (Å²) in [5.74, 6) is 0.802. The molecule has 2 aliphatic rings. The van der Waals surface area contributed by atoms with Gasteiger partial charge in [-0.05, 0) is 18.3 Å². The topological polar surface area (TPSA) is 75.7 Å². The first-order valence-corrected chi connectivity index (χ1v) is 9.32. The fraction of sp³-hybridized carbons (Fsp3) is 0.812. The number of nitrogens with zero attached hydrogens (tertiary/aromatic N) is 1. The van der Waals surface area contributed by atoms with E-state index in [0.717, 1.165) is 25.7 Å². The number of amides is 2. The number of esters is 1. The summed E-state index contributed by atoms with van der Waals surface area (Å²) in [7, 11) is 1.40. The maximum Gasteiger partial charge on any atom is 0.306 e. The van der Waals surface area contributed by atoms with Crippen LogP contribution in [0.15, 0.2) is 0 Å². The van der Waals surface area contributed by atoms with E-state index in [1.807, 2.05) is 0 Å². The third kappa shape index (κ3) is 4.62. The summed E-state index contributed by atoms with van der Waals surface area (Å²) in [6.45, 7) is 1.97. The van der Waals surface area contributed by atoms with Crippen LogP contribution in [0.1, 0.15) is 45.4 Å². The molecule has 1 N–H and O–H groups in total. The first-order chi connectivity index (χ1) is 11.0. The predicted octanol–water partition coefficient (Wildman–Crippen LogP) is 1.54. The van der Waals surface area contributed by atoms with E-state index >= 15 is 0 Å². The molecule has 2 rings (SSSR count). The van der Waals surface area contributed by atoms with E-state index in [2.05, 4.69) is 5.32 Å². The number of rotatable bonds is 5. The van der Waals surface area contributed by atoms with Gasteiger partial charge in [-0.1, -0.05) is 19.3 Å². The molecule has 1 aliphatic carbocycles. The maximum absolute atomic E-state index is 12.5. The number of carbonyl (C=O) groups is 3. The fourth-order valence-corrected chi connectivity index (χ4v) is 4.68. The first-order valence-electron chi connectivity index (χ1n) is 8.17. The van der Waals surface area contributed by atoms with Crippen LogP contribution in [0.25, 0.3) is 0 Å². The van der Waals surface area contributed by atoms with Gasteiger partial charge >= 0.3 is 5.97 Å². The molecule has 1 unspecified atom stereocenters. The van der Waals surface area contributed by atoms with Crippen molar-refractivity contribution >= 4 is 29.5 Å². The second kappa shape index (κ2) is 8.04. The molecule has 0 aromatic rings. The SMILES string of the molecule is COC(=O)CC1(CNC(=O)C2CSCN2C(C)=O)CCCCC1. The molecule has 1 heterocycles. The van der Waals surface area contributed by atoms with E-state index in [4.69, 9.17) is 4.74 Å². The van der Waals surface area contributed by atoms with E-state index in [1.54, 1.807) is 16.7 Å². The Morgan fingerprint density at radius 2 is 1.96 bits per heavy atom. The van der Waals surface area contributed by atoms with Crippen molar-refractivity contribution in [2.24, 2.45) is 5.41 Å². The summed E-state index contributed by atoms with van der Waals surface area (Å²) in [6.07, 6.45) is 5.53. The summed E-state index contributed by atoms with van der Waals surface area (Å²) in [6, 6.07) is -0.392. The highest BCUT2D eigenvalue weighted by atomic mass is 32.2. The standard InChI is InChI=1S/C16H26N2O4S/c1-12(19)18-11-23-9-13(18)15(21)17-10-16(8-14(20)22-2)6-4-3-5-7-16/h13H,3-11H2,1-2H3,(H,17,21).